The van der Waals surface area contributed by atoms with E-state index < -0.39 is 12.1 Å². The van der Waals surface area contributed by atoms with Crippen molar-refractivity contribution < 1.29 is 24.5 Å². The third kappa shape index (κ3) is 61.6. The summed E-state index contributed by atoms with van der Waals surface area (Å²) in [5, 5.41) is 23.2. The van der Waals surface area contributed by atoms with E-state index in [0.717, 1.165) is 38.5 Å². The van der Waals surface area contributed by atoms with Gasteiger partial charge in [0.1, 0.15) is 0 Å². The molecular weight excluding hydrogens is 935 g/mol. The molecule has 0 heterocycles. The Morgan fingerprint density at radius 1 is 0.355 bits per heavy atom. The van der Waals surface area contributed by atoms with Crippen LogP contribution in [0.4, 0.5) is 0 Å². The van der Waals surface area contributed by atoms with Crippen molar-refractivity contribution >= 4 is 11.9 Å². The molecule has 450 valence electrons. The topological polar surface area (TPSA) is 95.9 Å². The van der Waals surface area contributed by atoms with Crippen LogP contribution in [0.15, 0.2) is 24.3 Å². The molecular formula is C70H135NO5. The largest absolute Gasteiger partial charge is 0.466 e. The zero-order valence-electron chi connectivity index (χ0n) is 51.5. The first-order valence-electron chi connectivity index (χ1n) is 34.6. The van der Waals surface area contributed by atoms with Gasteiger partial charge in [0.15, 0.2) is 0 Å². The molecule has 0 saturated heterocycles. The van der Waals surface area contributed by atoms with Crippen LogP contribution in [-0.4, -0.2) is 47.4 Å². The van der Waals surface area contributed by atoms with Crippen LogP contribution in [0.3, 0.4) is 0 Å². The molecule has 76 heavy (non-hydrogen) atoms. The maximum absolute atomic E-state index is 12.5. The van der Waals surface area contributed by atoms with Crippen LogP contribution in [0, 0.1) is 0 Å². The van der Waals surface area contributed by atoms with Gasteiger partial charge in [-0.25, -0.2) is 0 Å². The summed E-state index contributed by atoms with van der Waals surface area (Å²) in [6.45, 7) is 4.93. The van der Waals surface area contributed by atoms with E-state index in [9.17, 15) is 19.8 Å². The number of aliphatic hydroxyl groups is 2. The van der Waals surface area contributed by atoms with Gasteiger partial charge >= 0.3 is 5.97 Å². The second-order valence-corrected chi connectivity index (χ2v) is 23.9. The number of rotatable bonds is 65. The molecule has 1 amide bonds. The molecule has 0 aromatic rings. The van der Waals surface area contributed by atoms with E-state index >= 15 is 0 Å². The molecule has 6 nitrogen and oxygen atoms in total. The molecule has 0 aliphatic carbocycles. The Balaban J connectivity index is 3.36. The number of amides is 1. The normalized spacial score (nSPS) is 12.6. The quantitative estimate of drug-likeness (QED) is 0.0320. The molecule has 0 aromatic carbocycles. The van der Waals surface area contributed by atoms with Gasteiger partial charge in [-0.15, -0.1) is 0 Å². The van der Waals surface area contributed by atoms with Gasteiger partial charge in [-0.1, -0.05) is 340 Å². The van der Waals surface area contributed by atoms with Gasteiger partial charge in [-0.2, -0.15) is 0 Å². The molecule has 2 atom stereocenters. The monoisotopic (exact) mass is 1070 g/mol. The number of ether oxygens (including phenoxy) is 1. The average Bonchev–Trinajstić information content (AvgIpc) is 3.42. The fourth-order valence-electron chi connectivity index (χ4n) is 10.9. The number of esters is 1. The van der Waals surface area contributed by atoms with E-state index in [1.165, 1.54) is 321 Å². The average molecular weight is 1070 g/mol. The number of carbonyl (C=O) groups excluding carboxylic acids is 2. The molecule has 0 aromatic heterocycles. The van der Waals surface area contributed by atoms with E-state index in [4.69, 9.17) is 4.74 Å². The summed E-state index contributed by atoms with van der Waals surface area (Å²) < 4.78 is 5.47. The predicted octanol–water partition coefficient (Wildman–Crippen LogP) is 22.1. The van der Waals surface area contributed by atoms with Crippen molar-refractivity contribution in [3.05, 3.63) is 24.3 Å². The molecule has 0 fully saturated rings. The van der Waals surface area contributed by atoms with E-state index in [2.05, 4.69) is 31.3 Å². The van der Waals surface area contributed by atoms with Crippen LogP contribution >= 0.6 is 0 Å². The van der Waals surface area contributed by atoms with E-state index in [1.54, 1.807) is 6.08 Å². The van der Waals surface area contributed by atoms with Crippen LogP contribution < -0.4 is 5.32 Å². The van der Waals surface area contributed by atoms with Gasteiger partial charge in [0, 0.05) is 12.8 Å². The number of aliphatic hydroxyl groups excluding tert-OH is 2. The van der Waals surface area contributed by atoms with Crippen molar-refractivity contribution in [1.29, 1.82) is 0 Å². The van der Waals surface area contributed by atoms with Crippen LogP contribution in [-0.2, 0) is 14.3 Å². The van der Waals surface area contributed by atoms with Gasteiger partial charge in [0.25, 0.3) is 0 Å². The van der Waals surface area contributed by atoms with Crippen molar-refractivity contribution in [2.24, 2.45) is 0 Å². The highest BCUT2D eigenvalue weighted by Gasteiger charge is 2.18. The Bertz CT molecular complexity index is 1190. The Morgan fingerprint density at radius 3 is 0.934 bits per heavy atom. The van der Waals surface area contributed by atoms with E-state index in [-0.39, 0.29) is 18.5 Å². The first-order valence-corrected chi connectivity index (χ1v) is 34.6. The number of nitrogens with one attached hydrogen (secondary N) is 1. The van der Waals surface area contributed by atoms with Crippen molar-refractivity contribution in [2.45, 2.75) is 398 Å². The Labute approximate surface area is 475 Å². The minimum absolute atomic E-state index is 0.0186. The second-order valence-electron chi connectivity index (χ2n) is 23.9. The molecule has 6 heteroatoms. The summed E-state index contributed by atoms with van der Waals surface area (Å²) >= 11 is 0. The van der Waals surface area contributed by atoms with Crippen molar-refractivity contribution in [3.8, 4) is 0 Å². The SMILES string of the molecule is CCCCCCCCCCCCCCC/C=C/C(O)C(CO)NC(=O)CCCCCCCCCCCCCCCCCCC/C=C\CCCCCCCCCCCCCCOC(=O)CCCCCCCCCCCCC. The Hall–Kier alpha value is -1.66. The highest BCUT2D eigenvalue weighted by molar-refractivity contribution is 5.76. The molecule has 3 N–H and O–H groups in total. The molecule has 0 aliphatic rings. The summed E-state index contributed by atoms with van der Waals surface area (Å²) in [5.74, 6) is -0.0439. The molecule has 2 unspecified atom stereocenters. The number of hydrogen-bond acceptors (Lipinski definition) is 5. The minimum atomic E-state index is -0.841. The number of hydrogen-bond donors (Lipinski definition) is 3. The Morgan fingerprint density at radius 2 is 0.618 bits per heavy atom. The maximum atomic E-state index is 12.5. The van der Waals surface area contributed by atoms with Crippen molar-refractivity contribution in [1.82, 2.24) is 5.32 Å². The summed E-state index contributed by atoms with van der Waals surface area (Å²) in [6, 6.07) is -0.625. The van der Waals surface area contributed by atoms with Crippen LogP contribution in [0.1, 0.15) is 386 Å². The van der Waals surface area contributed by atoms with E-state index in [1.807, 2.05) is 6.08 Å². The molecule has 0 spiro atoms. The molecule has 0 aliphatic heterocycles. The Kier molecular flexibility index (Phi) is 64.4. The molecule has 0 rings (SSSR count). The summed E-state index contributed by atoms with van der Waals surface area (Å²) in [7, 11) is 0. The fraction of sp³-hybridized carbons (Fsp3) is 0.914. The number of unbranched alkanes of at least 4 members (excludes halogenated alkanes) is 52. The lowest BCUT2D eigenvalue weighted by Gasteiger charge is -2.20. The zero-order chi connectivity index (χ0) is 55.0. The number of carbonyl (C=O) groups is 2. The predicted molar refractivity (Wildman–Crippen MR) is 333 cm³/mol. The van der Waals surface area contributed by atoms with Gasteiger partial charge in [0.05, 0.1) is 25.4 Å². The lowest BCUT2D eigenvalue weighted by atomic mass is 10.0. The third-order valence-corrected chi connectivity index (χ3v) is 16.2. The van der Waals surface area contributed by atoms with E-state index in [0.29, 0.717) is 19.4 Å². The van der Waals surface area contributed by atoms with Crippen molar-refractivity contribution in [3.63, 3.8) is 0 Å². The second kappa shape index (κ2) is 65.9. The lowest BCUT2D eigenvalue weighted by molar-refractivity contribution is -0.143. The van der Waals surface area contributed by atoms with Crippen molar-refractivity contribution in [2.75, 3.05) is 13.2 Å². The molecule has 0 bridgehead atoms. The summed E-state index contributed by atoms with van der Waals surface area (Å²) in [4.78, 5) is 24.5. The first-order chi connectivity index (χ1) is 37.5. The third-order valence-electron chi connectivity index (χ3n) is 16.2. The fourth-order valence-corrected chi connectivity index (χ4v) is 10.9. The standard InChI is InChI=1S/C70H135NO5/c1-3-5-7-9-11-13-15-16-36-39-43-46-50-54-58-62-68(73)67(66-72)71-69(74)63-59-55-51-47-44-40-37-34-32-30-28-26-24-22-20-18-17-19-21-23-25-27-29-31-33-35-38-41-45-49-53-57-61-65-76-70(75)64-60-56-52-48-42-14-12-10-8-6-4-2/h21,23,58,62,67-68,72-73H,3-20,22,24-57,59-61,63-66H2,1-2H3,(H,71,74)/b23-21-,62-58+. The summed E-state index contributed by atoms with van der Waals surface area (Å²) in [5.41, 5.74) is 0. The highest BCUT2D eigenvalue weighted by Crippen LogP contribution is 2.18. The smallest absolute Gasteiger partial charge is 0.305 e. The maximum Gasteiger partial charge on any atom is 0.305 e. The molecule has 0 radical (unpaired) electrons. The zero-order valence-corrected chi connectivity index (χ0v) is 51.5. The van der Waals surface area contributed by atoms with Gasteiger partial charge in [0.2, 0.25) is 5.91 Å². The van der Waals surface area contributed by atoms with Crippen LogP contribution in [0.2, 0.25) is 0 Å². The molecule has 0 saturated carbocycles. The lowest BCUT2D eigenvalue weighted by Crippen LogP contribution is -2.45. The van der Waals surface area contributed by atoms with Gasteiger partial charge in [-0.05, 0) is 57.8 Å². The number of allylic oxidation sites excluding steroid dienone is 3. The summed E-state index contributed by atoms with van der Waals surface area (Å²) in [6.07, 6.45) is 82.6. The van der Waals surface area contributed by atoms with Gasteiger partial charge in [-0.3, -0.25) is 9.59 Å². The van der Waals surface area contributed by atoms with Crippen LogP contribution in [0.5, 0.6) is 0 Å². The highest BCUT2D eigenvalue weighted by atomic mass is 16.5. The minimum Gasteiger partial charge on any atom is -0.466 e. The van der Waals surface area contributed by atoms with Gasteiger partial charge < -0.3 is 20.3 Å². The first kappa shape index (κ1) is 74.3. The van der Waals surface area contributed by atoms with Crippen LogP contribution in [0.25, 0.3) is 0 Å².